The third kappa shape index (κ3) is 3.73. The number of rotatable bonds is 4. The molecule has 0 spiro atoms. The van der Waals surface area contributed by atoms with Crippen LogP contribution in [0.1, 0.15) is 11.1 Å². The summed E-state index contributed by atoms with van der Waals surface area (Å²) in [5.41, 5.74) is 3.81. The highest BCUT2D eigenvalue weighted by Gasteiger charge is 2.08. The molecule has 0 atom stereocenters. The van der Waals surface area contributed by atoms with E-state index in [4.69, 9.17) is 10.0 Å². The summed E-state index contributed by atoms with van der Waals surface area (Å²) in [6.07, 6.45) is 4.03. The van der Waals surface area contributed by atoms with Gasteiger partial charge in [-0.25, -0.2) is 0 Å². The lowest BCUT2D eigenvalue weighted by molar-refractivity contribution is 0.426. The molecule has 0 aliphatic carbocycles. The Labute approximate surface area is 119 Å². The maximum atomic E-state index is 9.03. The van der Waals surface area contributed by atoms with E-state index in [2.05, 4.69) is 29.2 Å². The molecule has 2 aromatic carbocycles. The minimum absolute atomic E-state index is 0.498. The molecule has 2 rings (SSSR count). The van der Waals surface area contributed by atoms with Crippen molar-refractivity contribution in [2.24, 2.45) is 0 Å². The molecule has 0 radical (unpaired) electrons. The Kier molecular flexibility index (Phi) is 4.61. The summed E-state index contributed by atoms with van der Waals surface area (Å²) >= 11 is 0. The van der Waals surface area contributed by atoms with Gasteiger partial charge in [-0.15, -0.1) is 0 Å². The van der Waals surface area contributed by atoms with Gasteiger partial charge in [-0.2, -0.15) is 0 Å². The van der Waals surface area contributed by atoms with E-state index in [1.54, 1.807) is 12.1 Å². The van der Waals surface area contributed by atoms with Crippen molar-refractivity contribution in [1.29, 1.82) is 0 Å². The molecule has 2 aromatic rings. The van der Waals surface area contributed by atoms with Gasteiger partial charge < -0.3 is 14.9 Å². The quantitative estimate of drug-likeness (QED) is 0.653. The zero-order chi connectivity index (χ0) is 14.5. The molecule has 0 aliphatic rings. The fourth-order valence-electron chi connectivity index (χ4n) is 1.86. The third-order valence-corrected chi connectivity index (χ3v) is 3.11. The molecule has 0 heterocycles. The van der Waals surface area contributed by atoms with Crippen molar-refractivity contribution in [2.75, 3.05) is 19.0 Å². The van der Waals surface area contributed by atoms with Crippen LogP contribution in [0.25, 0.3) is 12.2 Å². The Balaban J connectivity index is 2.08. The molecule has 20 heavy (non-hydrogen) atoms. The molecule has 0 saturated carbocycles. The van der Waals surface area contributed by atoms with E-state index >= 15 is 0 Å². The molecule has 0 amide bonds. The second-order valence-corrected chi connectivity index (χ2v) is 4.86. The Morgan fingerprint density at radius 3 is 1.65 bits per heavy atom. The fourth-order valence-corrected chi connectivity index (χ4v) is 1.86. The first kappa shape index (κ1) is 14.4. The van der Waals surface area contributed by atoms with Gasteiger partial charge >= 0.3 is 7.12 Å². The Bertz CT molecular complexity index is 521. The first-order valence-corrected chi connectivity index (χ1v) is 6.48. The first-order valence-electron chi connectivity index (χ1n) is 6.48. The fraction of sp³-hybridized carbons (Fsp3) is 0.125. The van der Waals surface area contributed by atoms with Gasteiger partial charge in [-0.1, -0.05) is 48.6 Å². The van der Waals surface area contributed by atoms with E-state index in [0.717, 1.165) is 11.1 Å². The average Bonchev–Trinajstić information content (AvgIpc) is 2.46. The average molecular weight is 267 g/mol. The summed E-state index contributed by atoms with van der Waals surface area (Å²) in [4.78, 5) is 2.06. The van der Waals surface area contributed by atoms with Crippen LogP contribution in [0.2, 0.25) is 0 Å². The lowest BCUT2D eigenvalue weighted by atomic mass is 9.80. The summed E-state index contributed by atoms with van der Waals surface area (Å²) in [6.45, 7) is 0. The lowest BCUT2D eigenvalue weighted by Gasteiger charge is -2.11. The van der Waals surface area contributed by atoms with Crippen LogP contribution < -0.4 is 10.4 Å². The predicted molar refractivity (Wildman–Crippen MR) is 86.0 cm³/mol. The molecule has 3 nitrogen and oxygen atoms in total. The summed E-state index contributed by atoms with van der Waals surface area (Å²) in [5, 5.41) is 18.1. The zero-order valence-corrected chi connectivity index (χ0v) is 11.7. The van der Waals surface area contributed by atoms with Crippen LogP contribution in [-0.2, 0) is 0 Å². The Morgan fingerprint density at radius 1 is 0.800 bits per heavy atom. The van der Waals surface area contributed by atoms with Crippen LogP contribution in [0.15, 0.2) is 48.5 Å². The number of benzene rings is 2. The second kappa shape index (κ2) is 6.41. The van der Waals surface area contributed by atoms with E-state index in [9.17, 15) is 0 Å². The molecule has 0 unspecified atom stereocenters. The highest BCUT2D eigenvalue weighted by atomic mass is 16.4. The maximum absolute atomic E-state index is 9.03. The maximum Gasteiger partial charge on any atom is 0.488 e. The van der Waals surface area contributed by atoms with Crippen LogP contribution in [0, 0.1) is 0 Å². The van der Waals surface area contributed by atoms with Crippen molar-refractivity contribution >= 4 is 30.4 Å². The van der Waals surface area contributed by atoms with E-state index < -0.39 is 7.12 Å². The summed E-state index contributed by atoms with van der Waals surface area (Å²) in [5.74, 6) is 0. The van der Waals surface area contributed by atoms with E-state index in [1.165, 1.54) is 5.69 Å². The van der Waals surface area contributed by atoms with E-state index in [-0.39, 0.29) is 0 Å². The SMILES string of the molecule is CN(C)c1ccc(C=Cc2ccc(B(O)O)cc2)cc1. The largest absolute Gasteiger partial charge is 0.488 e. The number of hydrogen-bond donors (Lipinski definition) is 2. The van der Waals surface area contributed by atoms with Crippen molar-refractivity contribution in [3.05, 3.63) is 59.7 Å². The minimum atomic E-state index is -1.41. The van der Waals surface area contributed by atoms with Crippen LogP contribution in [-0.4, -0.2) is 31.3 Å². The normalized spacial score (nSPS) is 10.8. The molecule has 0 aromatic heterocycles. The number of anilines is 1. The van der Waals surface area contributed by atoms with Gasteiger partial charge in [-0.3, -0.25) is 0 Å². The Hall–Kier alpha value is -2.04. The van der Waals surface area contributed by atoms with E-state index in [0.29, 0.717) is 5.46 Å². The molecule has 2 N–H and O–H groups in total. The highest BCUT2D eigenvalue weighted by molar-refractivity contribution is 6.58. The van der Waals surface area contributed by atoms with Gasteiger partial charge in [0.05, 0.1) is 0 Å². The van der Waals surface area contributed by atoms with Gasteiger partial charge in [-0.05, 0) is 28.7 Å². The van der Waals surface area contributed by atoms with Crippen molar-refractivity contribution in [3.63, 3.8) is 0 Å². The molecule has 102 valence electrons. The van der Waals surface area contributed by atoms with Crippen LogP contribution >= 0.6 is 0 Å². The number of hydrogen-bond acceptors (Lipinski definition) is 3. The molecule has 0 aliphatic heterocycles. The second-order valence-electron chi connectivity index (χ2n) is 4.86. The predicted octanol–water partition coefficient (Wildman–Crippen LogP) is 1.60. The molecular weight excluding hydrogens is 249 g/mol. The van der Waals surface area contributed by atoms with Gasteiger partial charge in [0.1, 0.15) is 0 Å². The topological polar surface area (TPSA) is 43.7 Å². The first-order chi connectivity index (χ1) is 9.56. The number of nitrogens with zero attached hydrogens (tertiary/aromatic N) is 1. The lowest BCUT2D eigenvalue weighted by Crippen LogP contribution is -2.29. The van der Waals surface area contributed by atoms with Crippen molar-refractivity contribution in [3.8, 4) is 0 Å². The van der Waals surface area contributed by atoms with Crippen LogP contribution in [0.4, 0.5) is 5.69 Å². The van der Waals surface area contributed by atoms with Crippen LogP contribution in [0.3, 0.4) is 0 Å². The summed E-state index contributed by atoms with van der Waals surface area (Å²) < 4.78 is 0. The minimum Gasteiger partial charge on any atom is -0.423 e. The van der Waals surface area contributed by atoms with Gasteiger partial charge in [0, 0.05) is 19.8 Å². The molecule has 0 bridgehead atoms. The van der Waals surface area contributed by atoms with E-state index in [1.807, 2.05) is 38.4 Å². The molecular formula is C16H18BNO2. The van der Waals surface area contributed by atoms with Crippen molar-refractivity contribution < 1.29 is 10.0 Å². The molecule has 0 saturated heterocycles. The van der Waals surface area contributed by atoms with Crippen molar-refractivity contribution in [1.82, 2.24) is 0 Å². The standard InChI is InChI=1S/C16H18BNO2/c1-18(2)16-11-7-14(8-12-16)4-3-13-5-9-15(10-6-13)17(19)20/h3-12,19-20H,1-2H3. The summed E-state index contributed by atoms with van der Waals surface area (Å²) in [6, 6.07) is 15.4. The smallest absolute Gasteiger partial charge is 0.423 e. The van der Waals surface area contributed by atoms with Crippen LogP contribution in [0.5, 0.6) is 0 Å². The molecule has 0 fully saturated rings. The molecule has 4 heteroatoms. The monoisotopic (exact) mass is 267 g/mol. The Morgan fingerprint density at radius 2 is 1.25 bits per heavy atom. The van der Waals surface area contributed by atoms with Crippen molar-refractivity contribution in [2.45, 2.75) is 0 Å². The van der Waals surface area contributed by atoms with Gasteiger partial charge in [0.25, 0.3) is 0 Å². The van der Waals surface area contributed by atoms with Gasteiger partial charge in [0.2, 0.25) is 0 Å². The zero-order valence-electron chi connectivity index (χ0n) is 11.7. The summed E-state index contributed by atoms with van der Waals surface area (Å²) in [7, 11) is 2.62. The highest BCUT2D eigenvalue weighted by Crippen LogP contribution is 2.14. The van der Waals surface area contributed by atoms with Gasteiger partial charge in [0.15, 0.2) is 0 Å². The third-order valence-electron chi connectivity index (χ3n) is 3.11.